The predicted molar refractivity (Wildman–Crippen MR) is 72.6 cm³/mol. The van der Waals surface area contributed by atoms with Crippen LogP contribution in [-0.4, -0.2) is 26.2 Å². The Labute approximate surface area is 104 Å². The maximum Gasteiger partial charge on any atom is 0.0401 e. The second kappa shape index (κ2) is 4.34. The van der Waals surface area contributed by atoms with Crippen molar-refractivity contribution in [2.24, 2.45) is 11.8 Å². The van der Waals surface area contributed by atoms with Crippen molar-refractivity contribution >= 4 is 5.69 Å². The van der Waals surface area contributed by atoms with Gasteiger partial charge < -0.3 is 10.2 Å². The molecule has 2 saturated heterocycles. The molecule has 2 aliphatic rings. The van der Waals surface area contributed by atoms with Gasteiger partial charge in [0.2, 0.25) is 0 Å². The standard InChI is InChI=1S/C15H22N2/c1-11(2)14-5-3-4-6-15(14)17-9-12-7-16-8-13(12)10-17/h3-6,11-13,16H,7-10H2,1-2H3. The van der Waals surface area contributed by atoms with Gasteiger partial charge in [-0.25, -0.2) is 0 Å². The van der Waals surface area contributed by atoms with E-state index in [0.29, 0.717) is 5.92 Å². The first kappa shape index (κ1) is 11.1. The predicted octanol–water partition coefficient (Wildman–Crippen LogP) is 2.47. The molecule has 2 fully saturated rings. The SMILES string of the molecule is CC(C)c1ccccc1N1CC2CNCC2C1. The van der Waals surface area contributed by atoms with E-state index < -0.39 is 0 Å². The number of fused-ring (bicyclic) bond motifs is 1. The van der Waals surface area contributed by atoms with E-state index >= 15 is 0 Å². The van der Waals surface area contributed by atoms with Crippen molar-refractivity contribution in [3.05, 3.63) is 29.8 Å². The monoisotopic (exact) mass is 230 g/mol. The van der Waals surface area contributed by atoms with E-state index in [0.717, 1.165) is 11.8 Å². The maximum absolute atomic E-state index is 3.51. The minimum Gasteiger partial charge on any atom is -0.371 e. The number of benzene rings is 1. The third-order valence-electron chi connectivity index (χ3n) is 4.29. The van der Waals surface area contributed by atoms with E-state index in [1.165, 1.54) is 37.4 Å². The lowest BCUT2D eigenvalue weighted by atomic mass is 10.0. The molecule has 2 heteroatoms. The largest absolute Gasteiger partial charge is 0.371 e. The molecule has 1 aromatic rings. The Kier molecular flexibility index (Phi) is 2.83. The average Bonchev–Trinajstić information content (AvgIpc) is 2.88. The molecule has 0 spiro atoms. The second-order valence-electron chi connectivity index (χ2n) is 5.80. The van der Waals surface area contributed by atoms with E-state index in [2.05, 4.69) is 48.3 Å². The topological polar surface area (TPSA) is 15.3 Å². The highest BCUT2D eigenvalue weighted by atomic mass is 15.2. The Bertz CT molecular complexity index is 388. The average molecular weight is 230 g/mol. The Morgan fingerprint density at radius 1 is 1.12 bits per heavy atom. The highest BCUT2D eigenvalue weighted by Crippen LogP contribution is 2.34. The summed E-state index contributed by atoms with van der Waals surface area (Å²) in [5, 5.41) is 3.51. The molecular formula is C15H22N2. The fourth-order valence-electron chi connectivity index (χ4n) is 3.32. The minimum atomic E-state index is 0.616. The first-order valence-corrected chi connectivity index (χ1v) is 6.80. The molecular weight excluding hydrogens is 208 g/mol. The van der Waals surface area contributed by atoms with Crippen molar-refractivity contribution < 1.29 is 0 Å². The molecule has 92 valence electrons. The van der Waals surface area contributed by atoms with E-state index in [1.807, 2.05) is 0 Å². The van der Waals surface area contributed by atoms with Gasteiger partial charge >= 0.3 is 0 Å². The lowest BCUT2D eigenvalue weighted by Gasteiger charge is -2.24. The summed E-state index contributed by atoms with van der Waals surface area (Å²) in [5.41, 5.74) is 2.97. The molecule has 0 bridgehead atoms. The first-order valence-electron chi connectivity index (χ1n) is 6.80. The van der Waals surface area contributed by atoms with Crippen molar-refractivity contribution in [2.75, 3.05) is 31.1 Å². The number of nitrogens with one attached hydrogen (secondary N) is 1. The zero-order chi connectivity index (χ0) is 11.8. The van der Waals surface area contributed by atoms with E-state index in [-0.39, 0.29) is 0 Å². The normalized spacial score (nSPS) is 27.8. The lowest BCUT2D eigenvalue weighted by molar-refractivity contribution is 0.533. The van der Waals surface area contributed by atoms with Gasteiger partial charge in [-0.1, -0.05) is 32.0 Å². The van der Waals surface area contributed by atoms with Crippen LogP contribution in [0.3, 0.4) is 0 Å². The first-order chi connectivity index (χ1) is 8.25. The van der Waals surface area contributed by atoms with Crippen LogP contribution in [0.25, 0.3) is 0 Å². The molecule has 1 aromatic carbocycles. The van der Waals surface area contributed by atoms with Crippen LogP contribution in [0.4, 0.5) is 5.69 Å². The summed E-state index contributed by atoms with van der Waals surface area (Å²) < 4.78 is 0. The second-order valence-corrected chi connectivity index (χ2v) is 5.80. The Hall–Kier alpha value is -1.02. The van der Waals surface area contributed by atoms with Crippen LogP contribution in [0.1, 0.15) is 25.3 Å². The van der Waals surface area contributed by atoms with Gasteiger partial charge in [0.25, 0.3) is 0 Å². The number of nitrogens with zero attached hydrogens (tertiary/aromatic N) is 1. The van der Waals surface area contributed by atoms with E-state index in [9.17, 15) is 0 Å². The molecule has 2 nitrogen and oxygen atoms in total. The van der Waals surface area contributed by atoms with E-state index in [4.69, 9.17) is 0 Å². The molecule has 2 aliphatic heterocycles. The highest BCUT2D eigenvalue weighted by molar-refractivity contribution is 5.56. The summed E-state index contributed by atoms with van der Waals surface area (Å²) in [6, 6.07) is 8.92. The van der Waals surface area contributed by atoms with Crippen LogP contribution in [-0.2, 0) is 0 Å². The van der Waals surface area contributed by atoms with Crippen LogP contribution in [0.15, 0.2) is 24.3 Å². The Balaban J connectivity index is 1.85. The molecule has 0 aliphatic carbocycles. The van der Waals surface area contributed by atoms with Crippen molar-refractivity contribution in [1.82, 2.24) is 5.32 Å². The molecule has 2 unspecified atom stereocenters. The number of anilines is 1. The van der Waals surface area contributed by atoms with Gasteiger partial charge in [0.15, 0.2) is 0 Å². The number of rotatable bonds is 2. The van der Waals surface area contributed by atoms with Gasteiger partial charge in [-0.15, -0.1) is 0 Å². The number of hydrogen-bond acceptors (Lipinski definition) is 2. The van der Waals surface area contributed by atoms with Crippen molar-refractivity contribution in [2.45, 2.75) is 19.8 Å². The molecule has 3 rings (SSSR count). The summed E-state index contributed by atoms with van der Waals surface area (Å²) in [5.74, 6) is 2.36. The molecule has 2 heterocycles. The maximum atomic E-state index is 3.51. The Morgan fingerprint density at radius 3 is 2.41 bits per heavy atom. The molecule has 0 saturated carbocycles. The number of para-hydroxylation sites is 1. The zero-order valence-corrected chi connectivity index (χ0v) is 10.8. The molecule has 0 amide bonds. The van der Waals surface area contributed by atoms with Crippen molar-refractivity contribution in [3.63, 3.8) is 0 Å². The fourth-order valence-corrected chi connectivity index (χ4v) is 3.32. The summed E-state index contributed by atoms with van der Waals surface area (Å²) in [4.78, 5) is 2.60. The zero-order valence-electron chi connectivity index (χ0n) is 10.8. The van der Waals surface area contributed by atoms with Gasteiger partial charge in [0.1, 0.15) is 0 Å². The smallest absolute Gasteiger partial charge is 0.0401 e. The molecule has 0 aromatic heterocycles. The quantitative estimate of drug-likeness (QED) is 0.839. The summed E-state index contributed by atoms with van der Waals surface area (Å²) in [6.07, 6.45) is 0. The highest BCUT2D eigenvalue weighted by Gasteiger charge is 2.36. The van der Waals surface area contributed by atoms with Crippen LogP contribution in [0.5, 0.6) is 0 Å². The van der Waals surface area contributed by atoms with Gasteiger partial charge in [0.05, 0.1) is 0 Å². The van der Waals surface area contributed by atoms with Gasteiger partial charge in [-0.05, 0) is 29.4 Å². The third kappa shape index (κ3) is 1.95. The van der Waals surface area contributed by atoms with E-state index in [1.54, 1.807) is 0 Å². The Morgan fingerprint density at radius 2 is 1.76 bits per heavy atom. The molecule has 2 atom stereocenters. The lowest BCUT2D eigenvalue weighted by Crippen LogP contribution is -2.26. The van der Waals surface area contributed by atoms with Crippen molar-refractivity contribution in [1.29, 1.82) is 0 Å². The van der Waals surface area contributed by atoms with Crippen LogP contribution in [0, 0.1) is 11.8 Å². The molecule has 17 heavy (non-hydrogen) atoms. The summed E-state index contributed by atoms with van der Waals surface area (Å²) in [7, 11) is 0. The molecule has 1 N–H and O–H groups in total. The van der Waals surface area contributed by atoms with Crippen LogP contribution >= 0.6 is 0 Å². The minimum absolute atomic E-state index is 0.616. The fraction of sp³-hybridized carbons (Fsp3) is 0.600. The third-order valence-corrected chi connectivity index (χ3v) is 4.29. The molecule has 0 radical (unpaired) electrons. The van der Waals surface area contributed by atoms with Crippen LogP contribution < -0.4 is 10.2 Å². The van der Waals surface area contributed by atoms with Gasteiger partial charge in [0, 0.05) is 31.9 Å². The summed E-state index contributed by atoms with van der Waals surface area (Å²) >= 11 is 0. The number of hydrogen-bond donors (Lipinski definition) is 1. The van der Waals surface area contributed by atoms with Crippen molar-refractivity contribution in [3.8, 4) is 0 Å². The summed E-state index contributed by atoms with van der Waals surface area (Å²) in [6.45, 7) is 9.48. The van der Waals surface area contributed by atoms with Gasteiger partial charge in [-0.3, -0.25) is 0 Å². The van der Waals surface area contributed by atoms with Gasteiger partial charge in [-0.2, -0.15) is 0 Å². The van der Waals surface area contributed by atoms with Crippen LogP contribution in [0.2, 0.25) is 0 Å².